The summed E-state index contributed by atoms with van der Waals surface area (Å²) in [4.78, 5) is 0. The van der Waals surface area contributed by atoms with Crippen LogP contribution in [0.3, 0.4) is 0 Å². The minimum atomic E-state index is -2.40. The van der Waals surface area contributed by atoms with Crippen molar-refractivity contribution in [1.82, 2.24) is 10.2 Å². The lowest BCUT2D eigenvalue weighted by atomic mass is 10.8. The zero-order chi connectivity index (χ0) is 7.56. The van der Waals surface area contributed by atoms with Crippen LogP contribution in [0.2, 0.25) is 0 Å². The van der Waals surface area contributed by atoms with Gasteiger partial charge in [0.15, 0.2) is 0 Å². The van der Waals surface area contributed by atoms with Crippen molar-refractivity contribution < 1.29 is 13.2 Å². The molecule has 0 bridgehead atoms. The van der Waals surface area contributed by atoms with Crippen molar-refractivity contribution in [3.63, 3.8) is 0 Å². The molecule has 0 amide bonds. The van der Waals surface area contributed by atoms with Crippen LogP contribution >= 0.6 is 0 Å². The fourth-order valence-corrected chi connectivity index (χ4v) is 0.634. The van der Waals surface area contributed by atoms with E-state index in [1.807, 2.05) is 4.72 Å². The molecule has 0 aliphatic rings. The molecule has 1 heterocycles. The first-order valence-electron chi connectivity index (χ1n) is 2.34. The first-order chi connectivity index (χ1) is 4.68. The van der Waals surface area contributed by atoms with E-state index in [1.165, 1.54) is 0 Å². The van der Waals surface area contributed by atoms with Gasteiger partial charge in [0.25, 0.3) is 0 Å². The Bertz CT molecular complexity index is 247. The molecule has 10 heavy (non-hydrogen) atoms. The number of nitrogens with zero attached hydrogens (tertiary/aromatic N) is 2. The maximum atomic E-state index is 9.94. The summed E-state index contributed by atoms with van der Waals surface area (Å²) in [6, 6.07) is -0.120. The van der Waals surface area contributed by atoms with Crippen molar-refractivity contribution in [2.45, 2.75) is 6.92 Å². The van der Waals surface area contributed by atoms with Crippen LogP contribution in [-0.2, 0) is 11.3 Å². The van der Waals surface area contributed by atoms with Gasteiger partial charge in [0.1, 0.15) is 0 Å². The van der Waals surface area contributed by atoms with Gasteiger partial charge in [-0.05, 0) is 0 Å². The van der Waals surface area contributed by atoms with Gasteiger partial charge in [-0.15, -0.1) is 5.10 Å². The van der Waals surface area contributed by atoms with E-state index in [0.29, 0.717) is 5.89 Å². The SMILES string of the molecule is Cc1nnc(NS(=O)[O-])o1. The summed E-state index contributed by atoms with van der Waals surface area (Å²) in [6.45, 7) is 1.56. The van der Waals surface area contributed by atoms with Crippen molar-refractivity contribution in [2.75, 3.05) is 4.72 Å². The second-order valence-corrected chi connectivity index (χ2v) is 2.14. The van der Waals surface area contributed by atoms with Crippen LogP contribution in [0, 0.1) is 6.92 Å². The Kier molecular flexibility index (Phi) is 1.97. The Morgan fingerprint density at radius 1 is 1.70 bits per heavy atom. The molecule has 0 saturated carbocycles. The Balaban J connectivity index is 2.67. The summed E-state index contributed by atoms with van der Waals surface area (Å²) in [7, 11) is 0. The largest absolute Gasteiger partial charge is 0.755 e. The van der Waals surface area contributed by atoms with Gasteiger partial charge in [0.05, 0.1) is 0 Å². The van der Waals surface area contributed by atoms with Crippen molar-refractivity contribution in [3.05, 3.63) is 5.89 Å². The van der Waals surface area contributed by atoms with E-state index < -0.39 is 11.3 Å². The number of hydrogen-bond acceptors (Lipinski definition) is 5. The molecule has 0 fully saturated rings. The standard InChI is InChI=1S/C3H5N3O3S/c1-2-4-5-3(9-2)6-10(7)8/h1H3,(H,5,6)(H,7,8)/p-1. The van der Waals surface area contributed by atoms with E-state index in [-0.39, 0.29) is 6.01 Å². The number of nitrogens with one attached hydrogen (secondary N) is 1. The van der Waals surface area contributed by atoms with Crippen LogP contribution in [-0.4, -0.2) is 19.0 Å². The molecule has 0 aromatic carbocycles. The summed E-state index contributed by atoms with van der Waals surface area (Å²) >= 11 is -2.40. The predicted molar refractivity (Wildman–Crippen MR) is 31.6 cm³/mol. The van der Waals surface area contributed by atoms with Crippen molar-refractivity contribution >= 4 is 17.3 Å². The zero-order valence-corrected chi connectivity index (χ0v) is 5.84. The Morgan fingerprint density at radius 3 is 2.80 bits per heavy atom. The molecule has 0 spiro atoms. The smallest absolute Gasteiger partial charge is 0.326 e. The molecular weight excluding hydrogens is 158 g/mol. The maximum absolute atomic E-state index is 9.94. The van der Waals surface area contributed by atoms with Gasteiger partial charge in [-0.3, -0.25) is 8.93 Å². The molecule has 1 rings (SSSR count). The highest BCUT2D eigenvalue weighted by molar-refractivity contribution is 7.80. The fourth-order valence-electron chi connectivity index (χ4n) is 0.409. The molecule has 0 aliphatic heterocycles. The molecule has 1 aromatic heterocycles. The second kappa shape index (κ2) is 2.76. The molecule has 1 unspecified atom stereocenters. The molecule has 0 saturated heterocycles. The molecule has 1 aromatic rings. The molecule has 1 N–H and O–H groups in total. The van der Waals surface area contributed by atoms with Crippen LogP contribution in [0.5, 0.6) is 0 Å². The average molecular weight is 162 g/mol. The molecule has 1 atom stereocenters. The predicted octanol–water partition coefficient (Wildman–Crippen LogP) is -0.416. The van der Waals surface area contributed by atoms with Crippen LogP contribution in [0.4, 0.5) is 6.01 Å². The highest BCUT2D eigenvalue weighted by Gasteiger charge is 1.98. The van der Waals surface area contributed by atoms with Crippen LogP contribution in [0.25, 0.3) is 0 Å². The number of hydrogen-bond donors (Lipinski definition) is 1. The molecule has 7 heteroatoms. The number of anilines is 1. The fraction of sp³-hybridized carbons (Fsp3) is 0.333. The maximum Gasteiger partial charge on any atom is 0.326 e. The first-order valence-corrected chi connectivity index (χ1v) is 3.42. The van der Waals surface area contributed by atoms with E-state index >= 15 is 0 Å². The Labute approximate surface area is 59.1 Å². The molecule has 0 radical (unpaired) electrons. The van der Waals surface area contributed by atoms with Crippen molar-refractivity contribution in [2.24, 2.45) is 0 Å². The lowest BCUT2D eigenvalue weighted by Crippen LogP contribution is -2.01. The Morgan fingerprint density at radius 2 is 2.40 bits per heavy atom. The minimum absolute atomic E-state index is 0.120. The summed E-state index contributed by atoms with van der Waals surface area (Å²) < 4.78 is 26.4. The van der Waals surface area contributed by atoms with E-state index in [0.717, 1.165) is 0 Å². The third-order valence-corrected chi connectivity index (χ3v) is 1.04. The summed E-state index contributed by atoms with van der Waals surface area (Å²) in [6.07, 6.45) is 0. The van der Waals surface area contributed by atoms with Gasteiger partial charge < -0.3 is 8.97 Å². The van der Waals surface area contributed by atoms with Crippen LogP contribution in [0.1, 0.15) is 5.89 Å². The highest BCUT2D eigenvalue weighted by atomic mass is 32.2. The van der Waals surface area contributed by atoms with Crippen molar-refractivity contribution in [3.8, 4) is 0 Å². The highest BCUT2D eigenvalue weighted by Crippen LogP contribution is 2.02. The minimum Gasteiger partial charge on any atom is -0.755 e. The van der Waals surface area contributed by atoms with E-state index in [9.17, 15) is 8.76 Å². The topological polar surface area (TPSA) is 91.1 Å². The number of aryl methyl sites for hydroxylation is 1. The quantitative estimate of drug-likeness (QED) is 0.596. The molecule has 6 nitrogen and oxygen atoms in total. The van der Waals surface area contributed by atoms with Gasteiger partial charge in [-0.2, -0.15) is 0 Å². The normalized spacial score (nSPS) is 13.0. The van der Waals surface area contributed by atoms with Gasteiger partial charge in [-0.1, -0.05) is 5.10 Å². The molecule has 56 valence electrons. The first kappa shape index (κ1) is 7.16. The second-order valence-electron chi connectivity index (χ2n) is 1.46. The molecular formula is C3H4N3O3S-. The van der Waals surface area contributed by atoms with E-state index in [1.54, 1.807) is 6.92 Å². The lowest BCUT2D eigenvalue weighted by molar-refractivity contribution is 0.523. The summed E-state index contributed by atoms with van der Waals surface area (Å²) in [5, 5.41) is 6.75. The summed E-state index contributed by atoms with van der Waals surface area (Å²) in [5.41, 5.74) is 0. The third kappa shape index (κ3) is 1.78. The van der Waals surface area contributed by atoms with Gasteiger partial charge >= 0.3 is 6.01 Å². The van der Waals surface area contributed by atoms with Gasteiger partial charge in [-0.25, -0.2) is 0 Å². The number of aromatic nitrogens is 2. The average Bonchev–Trinajstić information content (AvgIpc) is 2.13. The van der Waals surface area contributed by atoms with Crippen LogP contribution < -0.4 is 4.72 Å². The zero-order valence-electron chi connectivity index (χ0n) is 5.03. The van der Waals surface area contributed by atoms with Gasteiger partial charge in [0, 0.05) is 18.2 Å². The molecule has 0 aliphatic carbocycles. The van der Waals surface area contributed by atoms with Crippen LogP contribution in [0.15, 0.2) is 4.42 Å². The number of rotatable bonds is 2. The monoisotopic (exact) mass is 162 g/mol. The Hall–Kier alpha value is -0.950. The third-order valence-electron chi connectivity index (χ3n) is 0.697. The van der Waals surface area contributed by atoms with E-state index in [2.05, 4.69) is 14.6 Å². The summed E-state index contributed by atoms with van der Waals surface area (Å²) in [5.74, 6) is 0.313. The van der Waals surface area contributed by atoms with Gasteiger partial charge in [0.2, 0.25) is 5.89 Å². The van der Waals surface area contributed by atoms with E-state index in [4.69, 9.17) is 0 Å². The van der Waals surface area contributed by atoms with Crippen molar-refractivity contribution in [1.29, 1.82) is 0 Å². The lowest BCUT2D eigenvalue weighted by Gasteiger charge is -2.00.